The molecule has 1 aliphatic heterocycles. The molecular weight excluding hydrogens is 464 g/mol. The summed E-state index contributed by atoms with van der Waals surface area (Å²) >= 11 is 0. The number of fused-ring (bicyclic) bond motifs is 1. The van der Waals surface area contributed by atoms with Crippen molar-refractivity contribution in [2.45, 2.75) is 33.1 Å². The molecular formula is C27H28N2O7. The van der Waals surface area contributed by atoms with Crippen LogP contribution in [-0.4, -0.2) is 42.9 Å². The fourth-order valence-corrected chi connectivity index (χ4v) is 4.73. The molecule has 2 fully saturated rings. The second-order valence-electron chi connectivity index (χ2n) is 9.12. The van der Waals surface area contributed by atoms with Gasteiger partial charge in [0.2, 0.25) is 11.8 Å². The van der Waals surface area contributed by atoms with Crippen molar-refractivity contribution in [1.29, 1.82) is 0 Å². The summed E-state index contributed by atoms with van der Waals surface area (Å²) in [6.07, 6.45) is 2.29. The van der Waals surface area contributed by atoms with Crippen LogP contribution in [0.5, 0.6) is 0 Å². The topological polar surface area (TPSA) is 119 Å². The number of carbonyl (C=O) groups excluding carboxylic acids is 5. The number of hydrogen-bond donors (Lipinski definition) is 1. The van der Waals surface area contributed by atoms with E-state index < -0.39 is 24.5 Å². The average Bonchev–Trinajstić information content (AvgIpc) is 3.12. The maximum Gasteiger partial charge on any atom is 0.338 e. The molecule has 3 amide bonds. The number of ether oxygens (including phenoxy) is 2. The third-order valence-electron chi connectivity index (χ3n) is 6.54. The number of amides is 3. The highest BCUT2D eigenvalue weighted by Crippen LogP contribution is 2.42. The van der Waals surface area contributed by atoms with E-state index in [2.05, 4.69) is 12.2 Å². The van der Waals surface area contributed by atoms with Crippen molar-refractivity contribution in [3.63, 3.8) is 0 Å². The summed E-state index contributed by atoms with van der Waals surface area (Å²) in [5.74, 6) is -2.46. The van der Waals surface area contributed by atoms with Crippen LogP contribution in [0, 0.1) is 17.8 Å². The molecule has 3 atom stereocenters. The first-order valence-corrected chi connectivity index (χ1v) is 12.0. The van der Waals surface area contributed by atoms with Crippen LogP contribution in [0.25, 0.3) is 0 Å². The van der Waals surface area contributed by atoms with E-state index in [1.807, 2.05) is 0 Å². The molecule has 1 N–H and O–H groups in total. The Morgan fingerprint density at radius 2 is 1.61 bits per heavy atom. The van der Waals surface area contributed by atoms with Crippen LogP contribution >= 0.6 is 0 Å². The van der Waals surface area contributed by atoms with E-state index in [1.165, 1.54) is 41.3 Å². The molecule has 0 aromatic heterocycles. The van der Waals surface area contributed by atoms with E-state index >= 15 is 0 Å². The molecule has 188 valence electrons. The quantitative estimate of drug-likeness (QED) is 0.463. The van der Waals surface area contributed by atoms with Crippen LogP contribution in [0.4, 0.5) is 11.4 Å². The Morgan fingerprint density at radius 3 is 2.33 bits per heavy atom. The standard InChI is InChI=1S/C27H28N2O7/c1-3-35-26(33)17-8-10-19(11-9-17)28-23(30)15-36-27(34)18-5-4-6-20(14-18)29-24(31)21-12-7-16(2)13-22(21)25(29)32/h4-6,8-11,14,16,21-22H,3,7,12-13,15H2,1-2H3,(H,28,30)/t16-,21-,22+/m1/s1. The largest absolute Gasteiger partial charge is 0.462 e. The molecule has 0 radical (unpaired) electrons. The second-order valence-corrected chi connectivity index (χ2v) is 9.12. The van der Waals surface area contributed by atoms with Crippen LogP contribution < -0.4 is 10.2 Å². The number of nitrogens with one attached hydrogen (secondary N) is 1. The van der Waals surface area contributed by atoms with Gasteiger partial charge in [0.1, 0.15) is 0 Å². The molecule has 2 aliphatic rings. The number of benzene rings is 2. The van der Waals surface area contributed by atoms with Crippen molar-refractivity contribution in [3.05, 3.63) is 59.7 Å². The van der Waals surface area contributed by atoms with Crippen LogP contribution in [0.15, 0.2) is 48.5 Å². The van der Waals surface area contributed by atoms with Crippen molar-refractivity contribution in [2.75, 3.05) is 23.4 Å². The van der Waals surface area contributed by atoms with Crippen LogP contribution in [-0.2, 0) is 23.9 Å². The monoisotopic (exact) mass is 492 g/mol. The fourth-order valence-electron chi connectivity index (χ4n) is 4.73. The van der Waals surface area contributed by atoms with Gasteiger partial charge in [0.05, 0.1) is 35.3 Å². The third kappa shape index (κ3) is 5.30. The van der Waals surface area contributed by atoms with Gasteiger partial charge in [-0.25, -0.2) is 9.59 Å². The Bertz CT molecular complexity index is 1190. The summed E-state index contributed by atoms with van der Waals surface area (Å²) in [5, 5.41) is 2.58. The summed E-state index contributed by atoms with van der Waals surface area (Å²) < 4.78 is 10.0. The number of imide groups is 1. The Labute approximate surface area is 208 Å². The summed E-state index contributed by atoms with van der Waals surface area (Å²) in [7, 11) is 0. The predicted octanol–water partition coefficient (Wildman–Crippen LogP) is 3.58. The molecule has 9 nitrogen and oxygen atoms in total. The molecule has 2 aromatic rings. The van der Waals surface area contributed by atoms with Crippen molar-refractivity contribution in [1.82, 2.24) is 0 Å². The van der Waals surface area contributed by atoms with Gasteiger partial charge in [-0.15, -0.1) is 0 Å². The minimum absolute atomic E-state index is 0.128. The zero-order valence-corrected chi connectivity index (χ0v) is 20.2. The lowest BCUT2D eigenvalue weighted by Gasteiger charge is -2.25. The first kappa shape index (κ1) is 25.1. The molecule has 1 aliphatic carbocycles. The van der Waals surface area contributed by atoms with Crippen molar-refractivity contribution in [3.8, 4) is 0 Å². The van der Waals surface area contributed by atoms with Gasteiger partial charge in [-0.1, -0.05) is 13.0 Å². The van der Waals surface area contributed by atoms with Gasteiger partial charge in [0.15, 0.2) is 6.61 Å². The highest BCUT2D eigenvalue weighted by molar-refractivity contribution is 6.22. The molecule has 4 rings (SSSR count). The van der Waals surface area contributed by atoms with E-state index in [0.29, 0.717) is 35.7 Å². The van der Waals surface area contributed by atoms with E-state index in [-0.39, 0.29) is 35.8 Å². The van der Waals surface area contributed by atoms with E-state index in [0.717, 1.165) is 6.42 Å². The van der Waals surface area contributed by atoms with E-state index in [1.54, 1.807) is 19.1 Å². The number of hydrogen-bond acceptors (Lipinski definition) is 7. The molecule has 1 heterocycles. The lowest BCUT2D eigenvalue weighted by Crippen LogP contribution is -2.31. The first-order chi connectivity index (χ1) is 17.3. The lowest BCUT2D eigenvalue weighted by atomic mass is 9.76. The van der Waals surface area contributed by atoms with Crippen LogP contribution in [0.2, 0.25) is 0 Å². The molecule has 0 spiro atoms. The highest BCUT2D eigenvalue weighted by atomic mass is 16.5. The molecule has 1 saturated heterocycles. The molecule has 36 heavy (non-hydrogen) atoms. The van der Waals surface area contributed by atoms with E-state index in [9.17, 15) is 24.0 Å². The predicted molar refractivity (Wildman–Crippen MR) is 130 cm³/mol. The molecule has 0 unspecified atom stereocenters. The Kier molecular flexibility index (Phi) is 7.47. The Hall–Kier alpha value is -4.01. The van der Waals surface area contributed by atoms with Gasteiger partial charge in [0.25, 0.3) is 5.91 Å². The number of esters is 2. The van der Waals surface area contributed by atoms with Crippen molar-refractivity contribution >= 4 is 41.0 Å². The molecule has 0 bridgehead atoms. The number of anilines is 2. The highest BCUT2D eigenvalue weighted by Gasteiger charge is 2.50. The van der Waals surface area contributed by atoms with Gasteiger partial charge in [-0.3, -0.25) is 19.3 Å². The zero-order chi connectivity index (χ0) is 25.8. The maximum absolute atomic E-state index is 13.0. The SMILES string of the molecule is CCOC(=O)c1ccc(NC(=O)COC(=O)c2cccc(N3C(=O)[C@H]4C[C@H](C)CC[C@H]4C3=O)c2)cc1. The summed E-state index contributed by atoms with van der Waals surface area (Å²) in [6.45, 7) is 3.52. The number of nitrogens with zero attached hydrogens (tertiary/aromatic N) is 1. The Morgan fingerprint density at radius 1 is 0.917 bits per heavy atom. The molecule has 1 saturated carbocycles. The van der Waals surface area contributed by atoms with Crippen LogP contribution in [0.3, 0.4) is 0 Å². The minimum atomic E-state index is -0.755. The second kappa shape index (κ2) is 10.7. The normalized spacial score (nSPS) is 21.1. The number of rotatable bonds is 7. The zero-order valence-electron chi connectivity index (χ0n) is 20.2. The lowest BCUT2D eigenvalue weighted by molar-refractivity contribution is -0.122. The smallest absolute Gasteiger partial charge is 0.338 e. The van der Waals surface area contributed by atoms with E-state index in [4.69, 9.17) is 9.47 Å². The first-order valence-electron chi connectivity index (χ1n) is 12.0. The fraction of sp³-hybridized carbons (Fsp3) is 0.370. The van der Waals surface area contributed by atoms with Crippen molar-refractivity contribution in [2.24, 2.45) is 17.8 Å². The van der Waals surface area contributed by atoms with Gasteiger partial charge < -0.3 is 14.8 Å². The maximum atomic E-state index is 13.0. The molecule has 9 heteroatoms. The Balaban J connectivity index is 1.35. The van der Waals surface area contributed by atoms with Gasteiger partial charge in [0, 0.05) is 5.69 Å². The van der Waals surface area contributed by atoms with Gasteiger partial charge in [-0.05, 0) is 74.6 Å². The van der Waals surface area contributed by atoms with Gasteiger partial charge in [-0.2, -0.15) is 0 Å². The summed E-state index contributed by atoms with van der Waals surface area (Å²) in [5.41, 5.74) is 1.23. The van der Waals surface area contributed by atoms with Crippen molar-refractivity contribution < 1.29 is 33.4 Å². The molecule has 2 aromatic carbocycles. The third-order valence-corrected chi connectivity index (χ3v) is 6.54. The summed E-state index contributed by atoms with van der Waals surface area (Å²) in [6, 6.07) is 12.2. The van der Waals surface area contributed by atoms with Crippen LogP contribution in [0.1, 0.15) is 53.8 Å². The summed E-state index contributed by atoms with van der Waals surface area (Å²) in [4.78, 5) is 63.6. The number of carbonyl (C=O) groups is 5. The minimum Gasteiger partial charge on any atom is -0.462 e. The average molecular weight is 493 g/mol. The van der Waals surface area contributed by atoms with Gasteiger partial charge >= 0.3 is 11.9 Å².